The normalized spacial score (nSPS) is 19.4. The van der Waals surface area contributed by atoms with Crippen molar-refractivity contribution in [2.75, 3.05) is 7.11 Å². The summed E-state index contributed by atoms with van der Waals surface area (Å²) in [6.07, 6.45) is 4.01. The topological polar surface area (TPSA) is 81.7 Å². The molecule has 0 saturated carbocycles. The monoisotopic (exact) mass is 653 g/mol. The Morgan fingerprint density at radius 1 is 0.812 bits per heavy atom. The Labute approximate surface area is 281 Å². The number of esters is 1. The van der Waals surface area contributed by atoms with Crippen LogP contribution in [0.1, 0.15) is 51.1 Å². The SMILES string of the molecule is COc1cccc([C@H](/C=C(\NS(=O)(=O)c2ccc(C)cc2)c2ccccc2)[C@H]2c3ccccc3[C@@H]3C=C(c4ccccc4)OC(=O)[C@H]23)c1. The molecule has 1 aliphatic heterocycles. The molecule has 0 unspecified atom stereocenters. The van der Waals surface area contributed by atoms with Crippen LogP contribution >= 0.6 is 0 Å². The van der Waals surface area contributed by atoms with Gasteiger partial charge in [0.25, 0.3) is 10.0 Å². The third kappa shape index (κ3) is 6.05. The Balaban J connectivity index is 1.41. The standard InChI is InChI=1S/C41H35NO5S/c1-27-20-22-32(23-21-27)48(44,45)42-37(28-12-5-3-6-13-28)25-35(30-16-11-17-31(24-30)46-2)39-34-19-10-9-18-33(34)36-26-38(47-41(43)40(36)39)29-14-7-4-8-15-29/h3-26,35-36,39-40,42H,1-2H3/b37-25-/t35-,36-,39+,40-/m0/s1. The summed E-state index contributed by atoms with van der Waals surface area (Å²) in [6.45, 7) is 1.92. The zero-order valence-electron chi connectivity index (χ0n) is 26.6. The number of rotatable bonds is 9. The lowest BCUT2D eigenvalue weighted by Crippen LogP contribution is -2.30. The number of carbonyl (C=O) groups excluding carboxylic acids is 1. The molecule has 6 nitrogen and oxygen atoms in total. The lowest BCUT2D eigenvalue weighted by atomic mass is 9.74. The quantitative estimate of drug-likeness (QED) is 0.162. The van der Waals surface area contributed by atoms with Gasteiger partial charge in [-0.2, -0.15) is 0 Å². The van der Waals surface area contributed by atoms with E-state index < -0.39 is 21.9 Å². The molecule has 0 saturated heterocycles. The number of nitrogens with one attached hydrogen (secondary N) is 1. The molecule has 2 aliphatic rings. The lowest BCUT2D eigenvalue weighted by molar-refractivity contribution is -0.143. The van der Waals surface area contributed by atoms with E-state index in [-0.39, 0.29) is 22.7 Å². The highest BCUT2D eigenvalue weighted by atomic mass is 32.2. The third-order valence-electron chi connectivity index (χ3n) is 9.23. The van der Waals surface area contributed by atoms with Gasteiger partial charge < -0.3 is 9.47 Å². The van der Waals surface area contributed by atoms with Crippen LogP contribution in [-0.4, -0.2) is 21.5 Å². The predicted octanol–water partition coefficient (Wildman–Crippen LogP) is 8.20. The molecule has 1 heterocycles. The van der Waals surface area contributed by atoms with Crippen molar-refractivity contribution in [1.82, 2.24) is 4.72 Å². The van der Waals surface area contributed by atoms with E-state index in [1.54, 1.807) is 31.4 Å². The Morgan fingerprint density at radius 2 is 1.48 bits per heavy atom. The molecule has 5 aromatic rings. The number of benzene rings is 5. The fraction of sp³-hybridized carbons (Fsp3) is 0.146. The van der Waals surface area contributed by atoms with Gasteiger partial charge in [-0.05, 0) is 59.5 Å². The Kier molecular flexibility index (Phi) is 8.46. The van der Waals surface area contributed by atoms with Gasteiger partial charge in [0.1, 0.15) is 11.5 Å². The van der Waals surface area contributed by atoms with Gasteiger partial charge in [0, 0.05) is 23.3 Å². The number of hydrogen-bond donors (Lipinski definition) is 1. The Morgan fingerprint density at radius 3 is 2.19 bits per heavy atom. The van der Waals surface area contributed by atoms with Crippen LogP contribution in [0.2, 0.25) is 0 Å². The molecule has 0 radical (unpaired) electrons. The molecule has 7 heteroatoms. The van der Waals surface area contributed by atoms with Gasteiger partial charge in [0.2, 0.25) is 0 Å². The molecule has 1 aliphatic carbocycles. The molecule has 1 N–H and O–H groups in total. The molecule has 0 bridgehead atoms. The smallest absolute Gasteiger partial charge is 0.315 e. The van der Waals surface area contributed by atoms with Crippen molar-refractivity contribution in [3.05, 3.63) is 179 Å². The highest BCUT2D eigenvalue weighted by molar-refractivity contribution is 7.89. The molecule has 48 heavy (non-hydrogen) atoms. The van der Waals surface area contributed by atoms with E-state index in [1.807, 2.05) is 110 Å². The summed E-state index contributed by atoms with van der Waals surface area (Å²) in [4.78, 5) is 14.3. The van der Waals surface area contributed by atoms with Crippen molar-refractivity contribution in [2.24, 2.45) is 5.92 Å². The zero-order chi connectivity index (χ0) is 33.3. The molecule has 0 fully saturated rings. The minimum atomic E-state index is -3.97. The first kappa shape index (κ1) is 31.2. The van der Waals surface area contributed by atoms with E-state index in [0.29, 0.717) is 22.8 Å². The van der Waals surface area contributed by atoms with Gasteiger partial charge in [-0.3, -0.25) is 9.52 Å². The van der Waals surface area contributed by atoms with Gasteiger partial charge in [-0.1, -0.05) is 121 Å². The highest BCUT2D eigenvalue weighted by Gasteiger charge is 2.50. The molecule has 4 atom stereocenters. The second-order valence-electron chi connectivity index (χ2n) is 12.2. The van der Waals surface area contributed by atoms with Crippen molar-refractivity contribution in [3.8, 4) is 5.75 Å². The highest BCUT2D eigenvalue weighted by Crippen LogP contribution is 2.57. The first-order chi connectivity index (χ1) is 23.3. The number of cyclic esters (lactones) is 1. The van der Waals surface area contributed by atoms with E-state index in [2.05, 4.69) is 22.9 Å². The molecule has 0 spiro atoms. The first-order valence-electron chi connectivity index (χ1n) is 15.9. The molecule has 0 amide bonds. The van der Waals surface area contributed by atoms with Crippen molar-refractivity contribution < 1.29 is 22.7 Å². The van der Waals surface area contributed by atoms with E-state index in [1.165, 1.54) is 0 Å². The van der Waals surface area contributed by atoms with Crippen LogP contribution in [0.4, 0.5) is 0 Å². The summed E-state index contributed by atoms with van der Waals surface area (Å²) >= 11 is 0. The number of carbonyl (C=O) groups is 1. The maximum atomic E-state index is 14.2. The van der Waals surface area contributed by atoms with Gasteiger partial charge in [-0.15, -0.1) is 0 Å². The molecule has 240 valence electrons. The van der Waals surface area contributed by atoms with E-state index >= 15 is 0 Å². The lowest BCUT2D eigenvalue weighted by Gasteiger charge is -2.32. The van der Waals surface area contributed by atoms with Crippen molar-refractivity contribution in [1.29, 1.82) is 0 Å². The van der Waals surface area contributed by atoms with E-state index in [9.17, 15) is 13.2 Å². The fourth-order valence-corrected chi connectivity index (χ4v) is 8.01. The Hall–Kier alpha value is -5.40. The van der Waals surface area contributed by atoms with E-state index in [0.717, 1.165) is 27.8 Å². The third-order valence-corrected chi connectivity index (χ3v) is 10.6. The number of methoxy groups -OCH3 is 1. The van der Waals surface area contributed by atoms with Crippen LogP contribution in [0.3, 0.4) is 0 Å². The summed E-state index contributed by atoms with van der Waals surface area (Å²) in [5.74, 6) is -0.713. The average Bonchev–Trinajstić information content (AvgIpc) is 3.45. The van der Waals surface area contributed by atoms with Crippen molar-refractivity contribution in [2.45, 2.75) is 29.6 Å². The van der Waals surface area contributed by atoms with Crippen molar-refractivity contribution in [3.63, 3.8) is 0 Å². The van der Waals surface area contributed by atoms with Crippen LogP contribution in [-0.2, 0) is 19.6 Å². The molecular weight excluding hydrogens is 619 g/mol. The number of allylic oxidation sites excluding steroid dienone is 2. The van der Waals surface area contributed by atoms with Gasteiger partial charge >= 0.3 is 5.97 Å². The zero-order valence-corrected chi connectivity index (χ0v) is 27.4. The second kappa shape index (κ2) is 13.0. The summed E-state index contributed by atoms with van der Waals surface area (Å²) in [5, 5.41) is 0. The number of sulfonamides is 1. The molecular formula is C41H35NO5S. The minimum absolute atomic E-state index is 0.161. The van der Waals surface area contributed by atoms with Crippen molar-refractivity contribution >= 4 is 27.4 Å². The van der Waals surface area contributed by atoms with Crippen LogP contribution in [0.5, 0.6) is 5.75 Å². The average molecular weight is 654 g/mol. The summed E-state index contributed by atoms with van der Waals surface area (Å²) < 4.78 is 42.3. The van der Waals surface area contributed by atoms with Crippen LogP contribution in [0.15, 0.2) is 151 Å². The van der Waals surface area contributed by atoms with Crippen LogP contribution < -0.4 is 9.46 Å². The van der Waals surface area contributed by atoms with Crippen LogP contribution in [0.25, 0.3) is 11.5 Å². The van der Waals surface area contributed by atoms with E-state index in [4.69, 9.17) is 9.47 Å². The number of aryl methyl sites for hydroxylation is 1. The maximum Gasteiger partial charge on any atom is 0.315 e. The predicted molar refractivity (Wildman–Crippen MR) is 188 cm³/mol. The largest absolute Gasteiger partial charge is 0.497 e. The summed E-state index contributed by atoms with van der Waals surface area (Å²) in [5.41, 5.74) is 5.86. The number of fused-ring (bicyclic) bond motifs is 3. The Bertz CT molecular complexity index is 2120. The number of ether oxygens (including phenoxy) is 2. The minimum Gasteiger partial charge on any atom is -0.497 e. The van der Waals surface area contributed by atoms with Gasteiger partial charge in [0.05, 0.1) is 23.6 Å². The molecule has 5 aromatic carbocycles. The van der Waals surface area contributed by atoms with Crippen LogP contribution in [0, 0.1) is 12.8 Å². The number of hydrogen-bond acceptors (Lipinski definition) is 5. The van der Waals surface area contributed by atoms with Gasteiger partial charge in [-0.25, -0.2) is 8.42 Å². The fourth-order valence-electron chi connectivity index (χ4n) is 6.93. The maximum absolute atomic E-state index is 14.2. The molecule has 0 aromatic heterocycles. The molecule has 7 rings (SSSR count). The second-order valence-corrected chi connectivity index (χ2v) is 13.9. The first-order valence-corrected chi connectivity index (χ1v) is 17.4. The van der Waals surface area contributed by atoms with Gasteiger partial charge in [0.15, 0.2) is 0 Å². The summed E-state index contributed by atoms with van der Waals surface area (Å²) in [7, 11) is -2.35. The summed E-state index contributed by atoms with van der Waals surface area (Å²) in [6, 6.07) is 41.7.